The first-order chi connectivity index (χ1) is 18.7. The molecule has 1 aromatic carbocycles. The molecule has 39 heavy (non-hydrogen) atoms. The number of hydrogen-bond acceptors (Lipinski definition) is 8. The van der Waals surface area contributed by atoms with Crippen LogP contribution in [-0.4, -0.2) is 41.9 Å². The van der Waals surface area contributed by atoms with Crippen LogP contribution in [0.3, 0.4) is 0 Å². The van der Waals surface area contributed by atoms with Crippen LogP contribution in [0, 0.1) is 34.0 Å². The Balaban J connectivity index is 1.58. The van der Waals surface area contributed by atoms with Gasteiger partial charge in [-0.25, -0.2) is 0 Å². The van der Waals surface area contributed by atoms with Crippen molar-refractivity contribution in [3.05, 3.63) is 71.0 Å². The van der Waals surface area contributed by atoms with Crippen LogP contribution in [0.4, 0.5) is 5.00 Å². The van der Waals surface area contributed by atoms with Crippen molar-refractivity contribution in [2.75, 3.05) is 24.5 Å². The topological polar surface area (TPSA) is 121 Å². The highest BCUT2D eigenvalue weighted by Gasteiger charge is 2.40. The first kappa shape index (κ1) is 27.4. The van der Waals surface area contributed by atoms with E-state index in [2.05, 4.69) is 30.0 Å². The molecule has 0 atom stereocenters. The molecule has 2 amide bonds. The normalized spacial score (nSPS) is 15.7. The lowest BCUT2D eigenvalue weighted by molar-refractivity contribution is -0.136. The minimum atomic E-state index is -0.885. The van der Waals surface area contributed by atoms with Gasteiger partial charge in [0.15, 0.2) is 11.3 Å². The molecule has 8 nitrogen and oxygen atoms in total. The monoisotopic (exact) mass is 537 g/mol. The lowest BCUT2D eigenvalue weighted by atomic mass is 9.88. The second-order valence-electron chi connectivity index (χ2n) is 9.62. The maximum absolute atomic E-state index is 12.0. The fourth-order valence-corrected chi connectivity index (χ4v) is 5.74. The fourth-order valence-electron chi connectivity index (χ4n) is 4.68. The van der Waals surface area contributed by atoms with E-state index in [1.165, 1.54) is 17.1 Å². The van der Waals surface area contributed by atoms with Gasteiger partial charge in [-0.05, 0) is 43.5 Å². The van der Waals surface area contributed by atoms with Gasteiger partial charge in [0.1, 0.15) is 29.4 Å². The number of rotatable bonds is 9. The summed E-state index contributed by atoms with van der Waals surface area (Å²) in [6.07, 6.45) is 4.64. The SMILES string of the molecule is CCCCN(CCN1C(=O)C=CC1=O)c1ccc(-c2ccc(C3=C(C#N)C(=C(C#N)C#N)OC3(C)C)cc2)s1. The molecule has 3 heterocycles. The average molecular weight is 538 g/mol. The number of nitrogens with zero attached hydrogens (tertiary/aromatic N) is 5. The van der Waals surface area contributed by atoms with Gasteiger partial charge in [0.05, 0.1) is 5.00 Å². The van der Waals surface area contributed by atoms with Crippen LogP contribution < -0.4 is 4.90 Å². The number of benzene rings is 1. The van der Waals surface area contributed by atoms with E-state index in [-0.39, 0.29) is 28.7 Å². The Hall–Kier alpha value is -4.65. The van der Waals surface area contributed by atoms with Gasteiger partial charge in [-0.3, -0.25) is 14.5 Å². The smallest absolute Gasteiger partial charge is 0.253 e. The van der Waals surface area contributed by atoms with Gasteiger partial charge in [0.2, 0.25) is 0 Å². The van der Waals surface area contributed by atoms with Crippen molar-refractivity contribution in [1.82, 2.24) is 4.90 Å². The Morgan fingerprint density at radius 2 is 1.62 bits per heavy atom. The van der Waals surface area contributed by atoms with Gasteiger partial charge < -0.3 is 9.64 Å². The van der Waals surface area contributed by atoms with Crippen LogP contribution in [0.1, 0.15) is 39.2 Å². The summed E-state index contributed by atoms with van der Waals surface area (Å²) >= 11 is 1.64. The summed E-state index contributed by atoms with van der Waals surface area (Å²) < 4.78 is 5.90. The molecule has 0 N–H and O–H groups in total. The van der Waals surface area contributed by atoms with Crippen molar-refractivity contribution in [2.45, 2.75) is 39.2 Å². The summed E-state index contributed by atoms with van der Waals surface area (Å²) in [5.41, 5.74) is 1.50. The predicted molar refractivity (Wildman–Crippen MR) is 149 cm³/mol. The number of ether oxygens (including phenoxy) is 1. The zero-order valence-electron chi connectivity index (χ0n) is 22.0. The lowest BCUT2D eigenvalue weighted by Crippen LogP contribution is -2.38. The van der Waals surface area contributed by atoms with Gasteiger partial charge in [-0.2, -0.15) is 15.8 Å². The van der Waals surface area contributed by atoms with Crippen molar-refractivity contribution in [3.63, 3.8) is 0 Å². The van der Waals surface area contributed by atoms with E-state index in [1.807, 2.05) is 50.3 Å². The minimum Gasteiger partial charge on any atom is -0.480 e. The summed E-state index contributed by atoms with van der Waals surface area (Å²) in [5, 5.41) is 29.5. The van der Waals surface area contributed by atoms with Gasteiger partial charge in [-0.15, -0.1) is 11.3 Å². The highest BCUT2D eigenvalue weighted by Crippen LogP contribution is 2.45. The van der Waals surface area contributed by atoms with E-state index in [9.17, 15) is 25.4 Å². The molecule has 0 saturated heterocycles. The van der Waals surface area contributed by atoms with E-state index < -0.39 is 5.60 Å². The molecule has 2 aliphatic heterocycles. The number of imide groups is 1. The van der Waals surface area contributed by atoms with Crippen molar-refractivity contribution in [2.24, 2.45) is 0 Å². The van der Waals surface area contributed by atoms with Gasteiger partial charge >= 0.3 is 0 Å². The molecule has 0 bridgehead atoms. The van der Waals surface area contributed by atoms with Gasteiger partial charge in [-0.1, -0.05) is 37.6 Å². The molecule has 0 unspecified atom stereocenters. The highest BCUT2D eigenvalue weighted by atomic mass is 32.1. The molecule has 2 aromatic rings. The van der Waals surface area contributed by atoms with Gasteiger partial charge in [0.25, 0.3) is 11.8 Å². The quantitative estimate of drug-likeness (QED) is 0.313. The first-order valence-corrected chi connectivity index (χ1v) is 13.4. The number of carbonyl (C=O) groups excluding carboxylic acids is 2. The lowest BCUT2D eigenvalue weighted by Gasteiger charge is -2.25. The van der Waals surface area contributed by atoms with Crippen molar-refractivity contribution < 1.29 is 14.3 Å². The average Bonchev–Trinajstić information content (AvgIpc) is 3.61. The Bertz CT molecular complexity index is 1490. The van der Waals surface area contributed by atoms with Crippen LogP contribution in [0.25, 0.3) is 16.0 Å². The van der Waals surface area contributed by atoms with E-state index in [0.29, 0.717) is 18.7 Å². The third kappa shape index (κ3) is 5.48. The third-order valence-corrected chi connectivity index (χ3v) is 7.83. The summed E-state index contributed by atoms with van der Waals surface area (Å²) in [6, 6.07) is 17.7. The fraction of sp³-hybridized carbons (Fsp3) is 0.300. The Morgan fingerprint density at radius 3 is 2.21 bits per heavy atom. The number of allylic oxidation sites excluding steroid dienone is 2. The summed E-state index contributed by atoms with van der Waals surface area (Å²) in [5.74, 6) is -0.520. The van der Waals surface area contributed by atoms with Gasteiger partial charge in [0, 0.05) is 42.2 Å². The second kappa shape index (κ2) is 11.4. The van der Waals surface area contributed by atoms with E-state index in [0.717, 1.165) is 40.4 Å². The number of unbranched alkanes of at least 4 members (excludes halogenated alkanes) is 1. The van der Waals surface area contributed by atoms with Crippen molar-refractivity contribution in [3.8, 4) is 28.6 Å². The second-order valence-corrected chi connectivity index (χ2v) is 10.7. The van der Waals surface area contributed by atoms with Crippen molar-refractivity contribution in [1.29, 1.82) is 15.8 Å². The minimum absolute atomic E-state index is 0.0229. The van der Waals surface area contributed by atoms with E-state index in [1.54, 1.807) is 11.3 Å². The third-order valence-electron chi connectivity index (χ3n) is 6.64. The first-order valence-electron chi connectivity index (χ1n) is 12.6. The van der Waals surface area contributed by atoms with Crippen LogP contribution in [0.5, 0.6) is 0 Å². The van der Waals surface area contributed by atoms with Crippen LogP contribution in [-0.2, 0) is 14.3 Å². The number of anilines is 1. The molecule has 0 aliphatic carbocycles. The Morgan fingerprint density at radius 1 is 0.974 bits per heavy atom. The molecule has 4 rings (SSSR count). The van der Waals surface area contributed by atoms with E-state index >= 15 is 0 Å². The number of amides is 2. The maximum atomic E-state index is 12.0. The highest BCUT2D eigenvalue weighted by molar-refractivity contribution is 7.19. The summed E-state index contributed by atoms with van der Waals surface area (Å²) in [7, 11) is 0. The van der Waals surface area contributed by atoms with E-state index in [4.69, 9.17) is 4.74 Å². The summed E-state index contributed by atoms with van der Waals surface area (Å²) in [4.78, 5) is 28.5. The van der Waals surface area contributed by atoms with Crippen LogP contribution >= 0.6 is 11.3 Å². The predicted octanol–water partition coefficient (Wildman–Crippen LogP) is 5.33. The van der Waals surface area contributed by atoms with Crippen LogP contribution in [0.2, 0.25) is 0 Å². The number of hydrogen-bond donors (Lipinski definition) is 0. The Labute approximate surface area is 231 Å². The zero-order chi connectivity index (χ0) is 28.2. The molecule has 0 spiro atoms. The molecular formula is C30H27N5O3S. The molecular weight excluding hydrogens is 510 g/mol. The summed E-state index contributed by atoms with van der Waals surface area (Å²) in [6.45, 7) is 7.46. The molecule has 0 fully saturated rings. The molecule has 196 valence electrons. The van der Waals surface area contributed by atoms with Crippen LogP contribution in [0.15, 0.2) is 65.5 Å². The largest absolute Gasteiger partial charge is 0.480 e. The molecule has 0 saturated carbocycles. The molecule has 2 aliphatic rings. The number of thiophene rings is 1. The number of nitriles is 3. The molecule has 9 heteroatoms. The molecule has 0 radical (unpaired) electrons. The van der Waals surface area contributed by atoms with Crippen molar-refractivity contribution >= 4 is 33.7 Å². The molecule has 1 aromatic heterocycles. The zero-order valence-corrected chi connectivity index (χ0v) is 22.8. The maximum Gasteiger partial charge on any atom is 0.253 e. The Kier molecular flexibility index (Phi) is 8.00. The standard InChI is InChI=1S/C30H27N5O3S/c1-4-5-14-34(15-16-35-25(36)11-12-26(35)37)27-13-10-24(39-27)20-6-8-21(9-7-20)28-23(19-33)29(22(17-31)18-32)38-30(28,2)3/h6-13H,4-5,14-16H2,1-3H3. The number of carbonyl (C=O) groups is 2.